The maximum absolute atomic E-state index is 12.6. The summed E-state index contributed by atoms with van der Waals surface area (Å²) in [5.41, 5.74) is 1.75. The smallest absolute Gasteiger partial charge is 0.283 e. The largest absolute Gasteiger partial charge is 0.493 e. The summed E-state index contributed by atoms with van der Waals surface area (Å²) < 4.78 is 11.4. The Labute approximate surface area is 206 Å². The van der Waals surface area contributed by atoms with Crippen LogP contribution in [0.3, 0.4) is 0 Å². The minimum Gasteiger partial charge on any atom is -0.493 e. The summed E-state index contributed by atoms with van der Waals surface area (Å²) in [5.74, 6) is 1.09. The lowest BCUT2D eigenvalue weighted by Gasteiger charge is -2.20. The molecule has 0 unspecified atom stereocenters. The van der Waals surface area contributed by atoms with Crippen LogP contribution in [0.1, 0.15) is 17.5 Å². The van der Waals surface area contributed by atoms with Gasteiger partial charge in [0.25, 0.3) is 5.91 Å². The SMILES string of the molecule is N=C1/C(=C/c2ccc(OCCCOc3ccccc3)cc2)C(=O)N=C2SC(c3cccnc3)=NN12. The van der Waals surface area contributed by atoms with Crippen LogP contribution in [0.25, 0.3) is 6.08 Å². The number of nitrogens with one attached hydrogen (secondary N) is 1. The van der Waals surface area contributed by atoms with E-state index in [1.165, 1.54) is 16.8 Å². The first-order valence-electron chi connectivity index (χ1n) is 11.0. The Balaban J connectivity index is 1.19. The summed E-state index contributed by atoms with van der Waals surface area (Å²) in [7, 11) is 0. The Hall–Kier alpha value is -4.24. The van der Waals surface area contributed by atoms with Crippen molar-refractivity contribution in [3.05, 3.63) is 95.8 Å². The van der Waals surface area contributed by atoms with Crippen molar-refractivity contribution in [3.63, 3.8) is 0 Å². The van der Waals surface area contributed by atoms with Crippen molar-refractivity contribution in [3.8, 4) is 11.5 Å². The number of carbonyl (C=O) groups is 1. The zero-order valence-electron chi connectivity index (χ0n) is 18.6. The average Bonchev–Trinajstić information content (AvgIpc) is 3.32. The molecule has 1 aromatic heterocycles. The Morgan fingerprint density at radius 1 is 0.943 bits per heavy atom. The number of rotatable bonds is 8. The Kier molecular flexibility index (Phi) is 6.67. The highest BCUT2D eigenvalue weighted by Gasteiger charge is 2.36. The maximum atomic E-state index is 12.6. The third kappa shape index (κ3) is 5.30. The summed E-state index contributed by atoms with van der Waals surface area (Å²) in [6.45, 7) is 1.10. The number of thioether (sulfide) groups is 1. The molecule has 3 aromatic rings. The van der Waals surface area contributed by atoms with E-state index in [4.69, 9.17) is 14.9 Å². The molecule has 0 fully saturated rings. The fraction of sp³-hybridized carbons (Fsp3) is 0.115. The van der Waals surface area contributed by atoms with Gasteiger partial charge in [-0.25, -0.2) is 0 Å². The van der Waals surface area contributed by atoms with Gasteiger partial charge in [0.1, 0.15) is 16.5 Å². The van der Waals surface area contributed by atoms with E-state index in [1.54, 1.807) is 18.5 Å². The maximum Gasteiger partial charge on any atom is 0.283 e. The molecule has 0 radical (unpaired) electrons. The number of pyridine rings is 1. The molecule has 3 heterocycles. The van der Waals surface area contributed by atoms with Crippen LogP contribution in [-0.2, 0) is 4.79 Å². The number of ether oxygens (including phenoxy) is 2. The monoisotopic (exact) mass is 483 g/mol. The van der Waals surface area contributed by atoms with Crippen molar-refractivity contribution in [2.45, 2.75) is 6.42 Å². The van der Waals surface area contributed by atoms with E-state index in [0.717, 1.165) is 29.0 Å². The van der Waals surface area contributed by atoms with E-state index < -0.39 is 5.91 Å². The molecule has 5 rings (SSSR count). The minimum absolute atomic E-state index is 0.00914. The molecular weight excluding hydrogens is 462 g/mol. The van der Waals surface area contributed by atoms with Crippen molar-refractivity contribution in [1.29, 1.82) is 5.41 Å². The molecule has 1 amide bonds. The summed E-state index contributed by atoms with van der Waals surface area (Å²) in [6.07, 6.45) is 5.76. The first-order chi connectivity index (χ1) is 17.2. The first kappa shape index (κ1) is 22.5. The van der Waals surface area contributed by atoms with Gasteiger partial charge in [-0.15, -0.1) is 0 Å². The molecule has 35 heavy (non-hydrogen) atoms. The van der Waals surface area contributed by atoms with E-state index >= 15 is 0 Å². The third-order valence-corrected chi connectivity index (χ3v) is 6.08. The van der Waals surface area contributed by atoms with Gasteiger partial charge in [0.2, 0.25) is 5.17 Å². The predicted octanol–water partition coefficient (Wildman–Crippen LogP) is 4.60. The summed E-state index contributed by atoms with van der Waals surface area (Å²) in [4.78, 5) is 20.9. The van der Waals surface area contributed by atoms with Gasteiger partial charge in [-0.2, -0.15) is 15.1 Å². The second-order valence-corrected chi connectivity index (χ2v) is 8.56. The number of carbonyl (C=O) groups excluding carboxylic acids is 1. The number of benzene rings is 2. The second kappa shape index (κ2) is 10.4. The molecule has 0 saturated heterocycles. The van der Waals surface area contributed by atoms with Gasteiger partial charge < -0.3 is 9.47 Å². The zero-order valence-corrected chi connectivity index (χ0v) is 19.4. The van der Waals surface area contributed by atoms with Gasteiger partial charge in [0.15, 0.2) is 5.84 Å². The summed E-state index contributed by atoms with van der Waals surface area (Å²) in [6, 6.07) is 20.7. The lowest BCUT2D eigenvalue weighted by molar-refractivity contribution is -0.114. The Bertz CT molecular complexity index is 1320. The van der Waals surface area contributed by atoms with Crippen molar-refractivity contribution in [2.24, 2.45) is 10.1 Å². The van der Waals surface area contributed by atoms with Crippen LogP contribution in [-0.4, -0.2) is 45.2 Å². The number of nitrogens with zero attached hydrogens (tertiary/aromatic N) is 4. The average molecular weight is 484 g/mol. The third-order valence-electron chi connectivity index (χ3n) is 5.12. The van der Waals surface area contributed by atoms with Gasteiger partial charge in [-0.05, 0) is 59.8 Å². The van der Waals surface area contributed by atoms with Gasteiger partial charge in [-0.1, -0.05) is 30.3 Å². The molecule has 0 spiro atoms. The van der Waals surface area contributed by atoms with Crippen LogP contribution in [0.15, 0.2) is 94.8 Å². The quantitative estimate of drug-likeness (QED) is 0.371. The highest BCUT2D eigenvalue weighted by molar-refractivity contribution is 8.27. The lowest BCUT2D eigenvalue weighted by atomic mass is 10.1. The van der Waals surface area contributed by atoms with Crippen LogP contribution < -0.4 is 9.47 Å². The molecule has 0 aliphatic carbocycles. The number of para-hydroxylation sites is 1. The van der Waals surface area contributed by atoms with Crippen LogP contribution in [0.4, 0.5) is 0 Å². The van der Waals surface area contributed by atoms with Gasteiger partial charge in [-0.3, -0.25) is 15.2 Å². The number of hydrogen-bond acceptors (Lipinski definition) is 7. The Morgan fingerprint density at radius 3 is 2.40 bits per heavy atom. The van der Waals surface area contributed by atoms with E-state index in [0.29, 0.717) is 23.4 Å². The highest BCUT2D eigenvalue weighted by atomic mass is 32.2. The number of amides is 1. The molecule has 0 saturated carbocycles. The number of aromatic nitrogens is 1. The molecule has 1 N–H and O–H groups in total. The van der Waals surface area contributed by atoms with Gasteiger partial charge in [0, 0.05) is 24.4 Å². The van der Waals surface area contributed by atoms with Crippen molar-refractivity contribution in [2.75, 3.05) is 13.2 Å². The van der Waals surface area contributed by atoms with Crippen molar-refractivity contribution >= 4 is 39.8 Å². The van der Waals surface area contributed by atoms with Crippen LogP contribution in [0.5, 0.6) is 11.5 Å². The van der Waals surface area contributed by atoms with E-state index in [1.807, 2.05) is 66.7 Å². The molecule has 2 aromatic carbocycles. The molecule has 0 bridgehead atoms. The highest BCUT2D eigenvalue weighted by Crippen LogP contribution is 2.30. The van der Waals surface area contributed by atoms with Crippen LogP contribution in [0, 0.1) is 5.41 Å². The fourth-order valence-electron chi connectivity index (χ4n) is 3.38. The second-order valence-electron chi connectivity index (χ2n) is 7.60. The number of fused-ring (bicyclic) bond motifs is 1. The first-order valence-corrected chi connectivity index (χ1v) is 11.8. The lowest BCUT2D eigenvalue weighted by Crippen LogP contribution is -2.35. The van der Waals surface area contributed by atoms with Crippen molar-refractivity contribution in [1.82, 2.24) is 9.99 Å². The zero-order chi connectivity index (χ0) is 24.0. The van der Waals surface area contributed by atoms with Crippen LogP contribution >= 0.6 is 11.8 Å². The predicted molar refractivity (Wildman–Crippen MR) is 137 cm³/mol. The molecule has 2 aliphatic heterocycles. The standard InChI is InChI=1S/C26H21N5O3S/c27-23-22(24(32)29-26-31(23)30-25(35-26)19-6-4-13-28-17-19)16-18-9-11-21(12-10-18)34-15-5-14-33-20-7-2-1-3-8-20/h1-4,6-13,16-17,27H,5,14-15H2/b22-16-,27-23?. The Morgan fingerprint density at radius 2 is 1.69 bits per heavy atom. The summed E-state index contributed by atoms with van der Waals surface area (Å²) >= 11 is 1.25. The topological polar surface area (TPSA) is 100 Å². The normalized spacial score (nSPS) is 16.1. The van der Waals surface area contributed by atoms with Crippen LogP contribution in [0.2, 0.25) is 0 Å². The molecule has 2 aliphatic rings. The minimum atomic E-state index is -0.463. The molecule has 9 heteroatoms. The molecule has 174 valence electrons. The number of aliphatic imine (C=N–C) groups is 1. The number of hydrogen-bond donors (Lipinski definition) is 1. The molecule has 8 nitrogen and oxygen atoms in total. The van der Waals surface area contributed by atoms with Gasteiger partial charge in [0.05, 0.1) is 18.8 Å². The number of amidine groups is 2. The van der Waals surface area contributed by atoms with Crippen molar-refractivity contribution < 1.29 is 14.3 Å². The number of hydrazone groups is 1. The van der Waals surface area contributed by atoms with E-state index in [2.05, 4.69) is 15.1 Å². The summed E-state index contributed by atoms with van der Waals surface area (Å²) in [5, 5.41) is 15.4. The van der Waals surface area contributed by atoms with Gasteiger partial charge >= 0.3 is 0 Å². The van der Waals surface area contributed by atoms with E-state index in [9.17, 15) is 4.79 Å². The fourth-order valence-corrected chi connectivity index (χ4v) is 4.26. The van der Waals surface area contributed by atoms with E-state index in [-0.39, 0.29) is 11.4 Å². The molecule has 0 atom stereocenters. The molecular formula is C26H21N5O3S.